The fourth-order valence-corrected chi connectivity index (χ4v) is 5.39. The monoisotopic (exact) mass is 470 g/mol. The Hall–Kier alpha value is -2.75. The largest absolute Gasteiger partial charge is 0.298 e. The number of nitrogens with one attached hydrogen (secondary N) is 2. The molecule has 0 saturated carbocycles. The van der Waals surface area contributed by atoms with Crippen molar-refractivity contribution in [1.29, 1.82) is 0 Å². The van der Waals surface area contributed by atoms with Crippen LogP contribution in [-0.4, -0.2) is 37.3 Å². The molecule has 168 valence electrons. The Morgan fingerprint density at radius 3 is 2.59 bits per heavy atom. The van der Waals surface area contributed by atoms with Gasteiger partial charge in [0.25, 0.3) is 15.9 Å². The van der Waals surface area contributed by atoms with E-state index in [1.165, 1.54) is 42.7 Å². The van der Waals surface area contributed by atoms with Crippen LogP contribution in [0, 0.1) is 6.92 Å². The molecule has 2 heterocycles. The van der Waals surface area contributed by atoms with Gasteiger partial charge < -0.3 is 0 Å². The molecule has 9 heteroatoms. The maximum absolute atomic E-state index is 12.8. The summed E-state index contributed by atoms with van der Waals surface area (Å²) in [7, 11) is -3.82. The normalized spacial score (nSPS) is 14.8. The average molecular weight is 471 g/mol. The van der Waals surface area contributed by atoms with Crippen LogP contribution in [-0.2, 0) is 16.6 Å². The molecule has 0 atom stereocenters. The fraction of sp³-hybridized carbons (Fsp3) is 0.304. The van der Waals surface area contributed by atoms with Crippen LogP contribution in [0.1, 0.15) is 40.9 Å². The van der Waals surface area contributed by atoms with E-state index in [1.807, 2.05) is 24.4 Å². The van der Waals surface area contributed by atoms with E-state index in [-0.39, 0.29) is 10.5 Å². The number of carbonyl (C=O) groups excluding carboxylic acids is 1. The molecule has 0 radical (unpaired) electrons. The zero-order valence-electron chi connectivity index (χ0n) is 17.9. The summed E-state index contributed by atoms with van der Waals surface area (Å²) in [6.45, 7) is 4.87. The van der Waals surface area contributed by atoms with Gasteiger partial charge in [0.05, 0.1) is 10.6 Å². The third-order valence-corrected chi connectivity index (χ3v) is 7.50. The van der Waals surface area contributed by atoms with Crippen molar-refractivity contribution in [3.05, 3.63) is 70.7 Å². The molecule has 1 aliphatic rings. The van der Waals surface area contributed by atoms with Gasteiger partial charge in [0.15, 0.2) is 5.13 Å². The maximum atomic E-state index is 12.8. The lowest BCUT2D eigenvalue weighted by molar-refractivity contribution is 0.102. The number of aryl methyl sites for hydroxylation is 1. The summed E-state index contributed by atoms with van der Waals surface area (Å²) in [6.07, 6.45) is 3.71. The lowest BCUT2D eigenvalue weighted by atomic mass is 10.1. The quantitative estimate of drug-likeness (QED) is 0.531. The number of sulfonamides is 1. The summed E-state index contributed by atoms with van der Waals surface area (Å²) in [5, 5.41) is 5.25. The van der Waals surface area contributed by atoms with E-state index in [1.54, 1.807) is 24.3 Å². The molecule has 7 nitrogen and oxygen atoms in total. The van der Waals surface area contributed by atoms with Crippen molar-refractivity contribution in [2.45, 2.75) is 37.6 Å². The summed E-state index contributed by atoms with van der Waals surface area (Å²) in [5.74, 6) is -0.392. The number of thiazole rings is 1. The molecular formula is C23H26N4O3S2. The van der Waals surface area contributed by atoms with Gasteiger partial charge in [-0.1, -0.05) is 30.2 Å². The van der Waals surface area contributed by atoms with Crippen LogP contribution in [0.15, 0.2) is 58.8 Å². The van der Waals surface area contributed by atoms with Crippen molar-refractivity contribution < 1.29 is 13.2 Å². The van der Waals surface area contributed by atoms with Gasteiger partial charge in [0.1, 0.15) is 0 Å². The Morgan fingerprint density at radius 2 is 1.84 bits per heavy atom. The highest BCUT2D eigenvalue weighted by Gasteiger charge is 2.18. The Bertz CT molecular complexity index is 1180. The summed E-state index contributed by atoms with van der Waals surface area (Å²) in [4.78, 5) is 19.6. The van der Waals surface area contributed by atoms with Gasteiger partial charge in [-0.25, -0.2) is 13.4 Å². The number of piperidine rings is 1. The van der Waals surface area contributed by atoms with Crippen molar-refractivity contribution in [1.82, 2.24) is 9.88 Å². The molecule has 0 unspecified atom stereocenters. The Morgan fingerprint density at radius 1 is 1.09 bits per heavy atom. The highest BCUT2D eigenvalue weighted by atomic mass is 32.2. The van der Waals surface area contributed by atoms with Gasteiger partial charge in [0, 0.05) is 23.2 Å². The number of benzene rings is 2. The van der Waals surface area contributed by atoms with Crippen molar-refractivity contribution in [3.8, 4) is 0 Å². The number of likely N-dealkylation sites (tertiary alicyclic amines) is 1. The van der Waals surface area contributed by atoms with Gasteiger partial charge in [-0.3, -0.25) is 19.7 Å². The van der Waals surface area contributed by atoms with Crippen molar-refractivity contribution in [2.75, 3.05) is 23.1 Å². The first-order valence-corrected chi connectivity index (χ1v) is 12.9. The maximum Gasteiger partial charge on any atom is 0.261 e. The second kappa shape index (κ2) is 9.81. The number of rotatable bonds is 7. The minimum Gasteiger partial charge on any atom is -0.298 e. The Labute approximate surface area is 192 Å². The summed E-state index contributed by atoms with van der Waals surface area (Å²) < 4.78 is 28.1. The summed E-state index contributed by atoms with van der Waals surface area (Å²) >= 11 is 1.37. The molecule has 3 aromatic rings. The number of anilines is 2. The zero-order valence-corrected chi connectivity index (χ0v) is 19.5. The van der Waals surface area contributed by atoms with E-state index in [4.69, 9.17) is 0 Å². The number of amides is 1. The molecular weight excluding hydrogens is 444 g/mol. The second-order valence-electron chi connectivity index (χ2n) is 7.93. The van der Waals surface area contributed by atoms with E-state index in [0.29, 0.717) is 10.8 Å². The van der Waals surface area contributed by atoms with Crippen LogP contribution in [0.3, 0.4) is 0 Å². The zero-order chi connectivity index (χ0) is 22.6. The van der Waals surface area contributed by atoms with Crippen LogP contribution < -0.4 is 10.0 Å². The SMILES string of the molecule is Cc1ccc(NS(=O)(=O)c2cccc(C(=O)Nc3nc(CN4CCCCC4)cs3)c2)cc1. The van der Waals surface area contributed by atoms with Crippen LogP contribution in [0.5, 0.6) is 0 Å². The molecule has 1 aromatic heterocycles. The molecule has 2 N–H and O–H groups in total. The van der Waals surface area contributed by atoms with Gasteiger partial charge in [-0.05, 0) is 63.2 Å². The molecule has 4 rings (SSSR count). The smallest absolute Gasteiger partial charge is 0.261 e. The van der Waals surface area contributed by atoms with Crippen LogP contribution in [0.25, 0.3) is 0 Å². The minimum absolute atomic E-state index is 0.0238. The second-order valence-corrected chi connectivity index (χ2v) is 10.5. The van der Waals surface area contributed by atoms with Gasteiger partial charge in [0.2, 0.25) is 0 Å². The lowest BCUT2D eigenvalue weighted by Gasteiger charge is -2.25. The predicted octanol–water partition coefficient (Wildman–Crippen LogP) is 4.49. The van der Waals surface area contributed by atoms with Crippen LogP contribution >= 0.6 is 11.3 Å². The highest BCUT2D eigenvalue weighted by Crippen LogP contribution is 2.21. The van der Waals surface area contributed by atoms with Crippen molar-refractivity contribution >= 4 is 38.1 Å². The van der Waals surface area contributed by atoms with E-state index in [2.05, 4.69) is 19.9 Å². The molecule has 0 bridgehead atoms. The standard InChI is InChI=1S/C23H26N4O3S2/c1-17-8-10-19(11-9-17)26-32(29,30)21-7-5-6-18(14-21)22(28)25-23-24-20(16-31-23)15-27-12-3-2-4-13-27/h5-11,14,16,26H,2-4,12-13,15H2,1H3,(H,24,25,28). The predicted molar refractivity (Wildman–Crippen MR) is 128 cm³/mol. The summed E-state index contributed by atoms with van der Waals surface area (Å²) in [6, 6.07) is 13.0. The number of aromatic nitrogens is 1. The van der Waals surface area contributed by atoms with Crippen molar-refractivity contribution in [2.24, 2.45) is 0 Å². The van der Waals surface area contributed by atoms with Gasteiger partial charge in [-0.2, -0.15) is 0 Å². The van der Waals surface area contributed by atoms with E-state index >= 15 is 0 Å². The molecule has 1 amide bonds. The van der Waals surface area contributed by atoms with Crippen molar-refractivity contribution in [3.63, 3.8) is 0 Å². The van der Waals surface area contributed by atoms with Crippen LogP contribution in [0.2, 0.25) is 0 Å². The Kier molecular flexibility index (Phi) is 6.88. The number of hydrogen-bond donors (Lipinski definition) is 2. The number of nitrogens with zero attached hydrogens (tertiary/aromatic N) is 2. The van der Waals surface area contributed by atoms with Crippen LogP contribution in [0.4, 0.5) is 10.8 Å². The molecule has 32 heavy (non-hydrogen) atoms. The van der Waals surface area contributed by atoms with E-state index < -0.39 is 15.9 Å². The molecule has 0 spiro atoms. The molecule has 2 aromatic carbocycles. The fourth-order valence-electron chi connectivity index (χ4n) is 3.59. The molecule has 1 fully saturated rings. The topological polar surface area (TPSA) is 91.4 Å². The first-order chi connectivity index (χ1) is 15.4. The molecule has 1 aliphatic heterocycles. The third kappa shape index (κ3) is 5.73. The van der Waals surface area contributed by atoms with E-state index in [9.17, 15) is 13.2 Å². The van der Waals surface area contributed by atoms with Gasteiger partial charge >= 0.3 is 0 Å². The molecule has 0 aliphatic carbocycles. The third-order valence-electron chi connectivity index (χ3n) is 5.32. The first kappa shape index (κ1) is 22.4. The first-order valence-electron chi connectivity index (χ1n) is 10.6. The van der Waals surface area contributed by atoms with E-state index in [0.717, 1.165) is 30.9 Å². The molecule has 1 saturated heterocycles. The van der Waals surface area contributed by atoms with Gasteiger partial charge in [-0.15, -0.1) is 11.3 Å². The minimum atomic E-state index is -3.82. The highest BCUT2D eigenvalue weighted by molar-refractivity contribution is 7.92. The number of hydrogen-bond acceptors (Lipinski definition) is 6. The summed E-state index contributed by atoms with van der Waals surface area (Å²) in [5.41, 5.74) is 2.69. The average Bonchev–Trinajstić information content (AvgIpc) is 3.22. The number of carbonyl (C=O) groups is 1. The Balaban J connectivity index is 1.42. The lowest BCUT2D eigenvalue weighted by Crippen LogP contribution is -2.29.